The second kappa shape index (κ2) is 3.71. The Bertz CT molecular complexity index is 321. The van der Waals surface area contributed by atoms with E-state index in [2.05, 4.69) is 24.0 Å². The van der Waals surface area contributed by atoms with Gasteiger partial charge in [-0.2, -0.15) is 0 Å². The molecule has 0 saturated heterocycles. The van der Waals surface area contributed by atoms with E-state index in [0.29, 0.717) is 6.54 Å². The highest BCUT2D eigenvalue weighted by Gasteiger charge is 2.24. The lowest BCUT2D eigenvalue weighted by Crippen LogP contribution is -2.27. The van der Waals surface area contributed by atoms with Crippen LogP contribution in [0.3, 0.4) is 0 Å². The number of likely N-dealkylation sites (N-methyl/N-ethyl adjacent to an activating group) is 1. The summed E-state index contributed by atoms with van der Waals surface area (Å²) in [6, 6.07) is 0. The first-order valence-corrected chi connectivity index (χ1v) is 5.08. The number of hydrogen-bond donors (Lipinski definition) is 1. The Balaban J connectivity index is 2.30. The third-order valence-corrected chi connectivity index (χ3v) is 2.86. The van der Waals surface area contributed by atoms with Crippen molar-refractivity contribution in [2.24, 2.45) is 5.73 Å². The quantitative estimate of drug-likeness (QED) is 0.755. The van der Waals surface area contributed by atoms with E-state index < -0.39 is 0 Å². The van der Waals surface area contributed by atoms with Gasteiger partial charge in [-0.15, -0.1) is 0 Å². The minimum Gasteiger partial charge on any atom is -0.360 e. The molecule has 1 atom stereocenters. The van der Waals surface area contributed by atoms with Gasteiger partial charge in [0, 0.05) is 37.5 Å². The van der Waals surface area contributed by atoms with Crippen molar-refractivity contribution in [2.75, 3.05) is 20.1 Å². The molecule has 0 saturated carbocycles. The van der Waals surface area contributed by atoms with Gasteiger partial charge in [-0.05, 0) is 7.05 Å². The van der Waals surface area contributed by atoms with E-state index in [9.17, 15) is 0 Å². The van der Waals surface area contributed by atoms with Crippen LogP contribution in [-0.4, -0.2) is 30.2 Å². The van der Waals surface area contributed by atoms with Gasteiger partial charge < -0.3 is 15.2 Å². The van der Waals surface area contributed by atoms with Gasteiger partial charge in [0.15, 0.2) is 0 Å². The SMILES string of the molecule is CC(CN)c1onc2c1CN(C)CC2. The molecular formula is C10H17N3O. The molecule has 1 unspecified atom stereocenters. The van der Waals surface area contributed by atoms with E-state index in [-0.39, 0.29) is 5.92 Å². The summed E-state index contributed by atoms with van der Waals surface area (Å²) in [5.41, 5.74) is 8.01. The highest BCUT2D eigenvalue weighted by atomic mass is 16.5. The molecular weight excluding hydrogens is 178 g/mol. The molecule has 1 aliphatic rings. The van der Waals surface area contributed by atoms with E-state index in [0.717, 1.165) is 31.0 Å². The molecule has 0 radical (unpaired) electrons. The third kappa shape index (κ3) is 1.55. The Hall–Kier alpha value is -0.870. The first kappa shape index (κ1) is 9.68. The Labute approximate surface area is 84.0 Å². The van der Waals surface area contributed by atoms with Gasteiger partial charge in [-0.3, -0.25) is 0 Å². The Morgan fingerprint density at radius 1 is 1.64 bits per heavy atom. The van der Waals surface area contributed by atoms with Crippen molar-refractivity contribution in [3.63, 3.8) is 0 Å². The Kier molecular flexibility index (Phi) is 2.56. The van der Waals surface area contributed by atoms with Crippen molar-refractivity contribution >= 4 is 0 Å². The van der Waals surface area contributed by atoms with Crippen LogP contribution in [0.25, 0.3) is 0 Å². The fraction of sp³-hybridized carbons (Fsp3) is 0.700. The Morgan fingerprint density at radius 3 is 3.14 bits per heavy atom. The molecule has 2 N–H and O–H groups in total. The van der Waals surface area contributed by atoms with Crippen LogP contribution in [0.1, 0.15) is 29.9 Å². The summed E-state index contributed by atoms with van der Waals surface area (Å²) in [6.07, 6.45) is 0.993. The van der Waals surface area contributed by atoms with Gasteiger partial charge in [-0.25, -0.2) is 0 Å². The average Bonchev–Trinajstić information content (AvgIpc) is 2.59. The van der Waals surface area contributed by atoms with Crippen molar-refractivity contribution < 1.29 is 4.52 Å². The summed E-state index contributed by atoms with van der Waals surface area (Å²) in [7, 11) is 2.12. The molecule has 0 bridgehead atoms. The number of nitrogens with zero attached hydrogens (tertiary/aromatic N) is 2. The van der Waals surface area contributed by atoms with Gasteiger partial charge in [0.1, 0.15) is 5.76 Å². The second-order valence-electron chi connectivity index (χ2n) is 4.10. The number of rotatable bonds is 2. The summed E-state index contributed by atoms with van der Waals surface area (Å²) in [4.78, 5) is 2.28. The third-order valence-electron chi connectivity index (χ3n) is 2.86. The highest BCUT2D eigenvalue weighted by Crippen LogP contribution is 2.26. The minimum atomic E-state index is 0.276. The molecule has 2 heterocycles. The van der Waals surface area contributed by atoms with E-state index in [1.165, 1.54) is 5.56 Å². The normalized spacial score (nSPS) is 19.4. The molecule has 2 rings (SSSR count). The van der Waals surface area contributed by atoms with Crippen LogP contribution in [-0.2, 0) is 13.0 Å². The zero-order chi connectivity index (χ0) is 10.1. The molecule has 0 spiro atoms. The molecule has 4 nitrogen and oxygen atoms in total. The molecule has 1 aliphatic heterocycles. The van der Waals surface area contributed by atoms with Gasteiger partial charge >= 0.3 is 0 Å². The number of aromatic nitrogens is 1. The fourth-order valence-electron chi connectivity index (χ4n) is 1.86. The van der Waals surface area contributed by atoms with E-state index in [1.54, 1.807) is 0 Å². The maximum atomic E-state index is 5.63. The number of fused-ring (bicyclic) bond motifs is 1. The van der Waals surface area contributed by atoms with Crippen LogP contribution in [0.15, 0.2) is 4.52 Å². The second-order valence-corrected chi connectivity index (χ2v) is 4.10. The topological polar surface area (TPSA) is 55.3 Å². The van der Waals surface area contributed by atoms with Crippen molar-refractivity contribution in [3.05, 3.63) is 17.0 Å². The average molecular weight is 195 g/mol. The predicted molar refractivity (Wildman–Crippen MR) is 54.0 cm³/mol. The van der Waals surface area contributed by atoms with Crippen LogP contribution < -0.4 is 5.73 Å². The molecule has 1 aromatic heterocycles. The maximum absolute atomic E-state index is 5.63. The fourth-order valence-corrected chi connectivity index (χ4v) is 1.86. The Morgan fingerprint density at radius 2 is 2.43 bits per heavy atom. The van der Waals surface area contributed by atoms with E-state index in [4.69, 9.17) is 10.3 Å². The smallest absolute Gasteiger partial charge is 0.145 e. The van der Waals surface area contributed by atoms with Crippen molar-refractivity contribution in [2.45, 2.75) is 25.8 Å². The maximum Gasteiger partial charge on any atom is 0.145 e. The van der Waals surface area contributed by atoms with Crippen LogP contribution in [0, 0.1) is 0 Å². The zero-order valence-corrected chi connectivity index (χ0v) is 8.79. The largest absolute Gasteiger partial charge is 0.360 e. The molecule has 0 aliphatic carbocycles. The van der Waals surface area contributed by atoms with Gasteiger partial charge in [0.2, 0.25) is 0 Å². The van der Waals surface area contributed by atoms with Gasteiger partial charge in [0.05, 0.1) is 5.69 Å². The van der Waals surface area contributed by atoms with E-state index >= 15 is 0 Å². The van der Waals surface area contributed by atoms with Gasteiger partial charge in [-0.1, -0.05) is 12.1 Å². The highest BCUT2D eigenvalue weighted by molar-refractivity contribution is 5.27. The van der Waals surface area contributed by atoms with Crippen molar-refractivity contribution in [1.29, 1.82) is 0 Å². The number of nitrogens with two attached hydrogens (primary N) is 1. The van der Waals surface area contributed by atoms with Crippen molar-refractivity contribution in [3.8, 4) is 0 Å². The lowest BCUT2D eigenvalue weighted by atomic mass is 9.99. The summed E-state index contributed by atoms with van der Waals surface area (Å²) in [5, 5.41) is 4.10. The minimum absolute atomic E-state index is 0.276. The summed E-state index contributed by atoms with van der Waals surface area (Å²) in [6.45, 7) is 4.70. The standard InChI is InChI=1S/C10H17N3O/c1-7(5-11)10-8-6-13(2)4-3-9(8)12-14-10/h7H,3-6,11H2,1-2H3. The zero-order valence-electron chi connectivity index (χ0n) is 8.79. The van der Waals surface area contributed by atoms with Crippen LogP contribution in [0.2, 0.25) is 0 Å². The van der Waals surface area contributed by atoms with Gasteiger partial charge in [0.25, 0.3) is 0 Å². The van der Waals surface area contributed by atoms with Crippen LogP contribution in [0.5, 0.6) is 0 Å². The summed E-state index contributed by atoms with van der Waals surface area (Å²) < 4.78 is 5.36. The molecule has 14 heavy (non-hydrogen) atoms. The first-order valence-electron chi connectivity index (χ1n) is 5.08. The predicted octanol–water partition coefficient (Wildman–Crippen LogP) is 0.725. The molecule has 1 aromatic rings. The lowest BCUT2D eigenvalue weighted by Gasteiger charge is -2.21. The van der Waals surface area contributed by atoms with Crippen molar-refractivity contribution in [1.82, 2.24) is 10.1 Å². The lowest BCUT2D eigenvalue weighted by molar-refractivity contribution is 0.310. The number of hydrogen-bond acceptors (Lipinski definition) is 4. The monoisotopic (exact) mass is 195 g/mol. The molecule has 78 valence electrons. The summed E-state index contributed by atoms with van der Waals surface area (Å²) in [5.74, 6) is 1.26. The molecule has 0 fully saturated rings. The van der Waals surface area contributed by atoms with Crippen LogP contribution >= 0.6 is 0 Å². The molecule has 4 heteroatoms. The van der Waals surface area contributed by atoms with Crippen LogP contribution in [0.4, 0.5) is 0 Å². The van der Waals surface area contributed by atoms with E-state index in [1.807, 2.05) is 0 Å². The molecule has 0 amide bonds. The summed E-state index contributed by atoms with van der Waals surface area (Å²) >= 11 is 0. The first-order chi connectivity index (χ1) is 6.72. The molecule has 0 aromatic carbocycles.